The normalized spacial score (nSPS) is 11.3. The Morgan fingerprint density at radius 2 is 2.06 bits per heavy atom. The van der Waals surface area contributed by atoms with E-state index < -0.39 is 11.6 Å². The fourth-order valence-corrected chi connectivity index (χ4v) is 1.30. The van der Waals surface area contributed by atoms with Crippen LogP contribution in [0.5, 0.6) is 5.75 Å². The predicted octanol–water partition coefficient (Wildman–Crippen LogP) is 2.23. The van der Waals surface area contributed by atoms with Crippen LogP contribution in [0.25, 0.3) is 0 Å². The summed E-state index contributed by atoms with van der Waals surface area (Å²) in [7, 11) is 0. The lowest BCUT2D eigenvalue weighted by molar-refractivity contribution is 0.0550. The van der Waals surface area contributed by atoms with Gasteiger partial charge in [0.15, 0.2) is 0 Å². The first kappa shape index (κ1) is 13.5. The Morgan fingerprint density at radius 3 is 2.59 bits per heavy atom. The van der Waals surface area contributed by atoms with Crippen LogP contribution < -0.4 is 4.74 Å². The number of carboxylic acids is 1. The van der Waals surface area contributed by atoms with E-state index in [9.17, 15) is 9.90 Å². The number of carboxylic acid groups (broad SMARTS) is 1. The number of carbonyl (C=O) groups is 1. The summed E-state index contributed by atoms with van der Waals surface area (Å²) in [6.45, 7) is 5.62. The van der Waals surface area contributed by atoms with Crippen LogP contribution in [0.2, 0.25) is 0 Å². The van der Waals surface area contributed by atoms with Gasteiger partial charge in [-0.1, -0.05) is 6.07 Å². The first-order valence-electron chi connectivity index (χ1n) is 5.49. The third-order valence-corrected chi connectivity index (χ3v) is 2.41. The molecule has 1 aromatic carbocycles. The van der Waals surface area contributed by atoms with E-state index in [0.29, 0.717) is 18.8 Å². The van der Waals surface area contributed by atoms with Gasteiger partial charge in [0.05, 0.1) is 17.8 Å². The van der Waals surface area contributed by atoms with Crippen molar-refractivity contribution in [3.05, 3.63) is 29.3 Å². The summed E-state index contributed by atoms with van der Waals surface area (Å²) >= 11 is 0. The molecule has 1 aromatic rings. The van der Waals surface area contributed by atoms with Crippen LogP contribution in [0.3, 0.4) is 0 Å². The Hall–Kier alpha value is -1.55. The van der Waals surface area contributed by atoms with Gasteiger partial charge in [0, 0.05) is 6.42 Å². The Balaban J connectivity index is 2.70. The highest BCUT2D eigenvalue weighted by Gasteiger charge is 2.13. The van der Waals surface area contributed by atoms with Crippen molar-refractivity contribution in [3.63, 3.8) is 0 Å². The highest BCUT2D eigenvalue weighted by atomic mass is 16.5. The third kappa shape index (κ3) is 4.44. The zero-order valence-corrected chi connectivity index (χ0v) is 10.4. The van der Waals surface area contributed by atoms with Crippen LogP contribution in [0, 0.1) is 6.92 Å². The second-order valence-corrected chi connectivity index (χ2v) is 4.70. The maximum absolute atomic E-state index is 10.8. The minimum Gasteiger partial charge on any atom is -0.493 e. The van der Waals surface area contributed by atoms with E-state index in [-0.39, 0.29) is 5.56 Å². The molecule has 0 bridgehead atoms. The second kappa shape index (κ2) is 5.19. The van der Waals surface area contributed by atoms with E-state index in [1.165, 1.54) is 6.07 Å². The highest BCUT2D eigenvalue weighted by molar-refractivity contribution is 5.88. The minimum absolute atomic E-state index is 0.203. The average molecular weight is 238 g/mol. The van der Waals surface area contributed by atoms with Crippen molar-refractivity contribution >= 4 is 5.97 Å². The molecule has 0 aliphatic heterocycles. The van der Waals surface area contributed by atoms with Crippen molar-refractivity contribution < 1.29 is 19.7 Å². The van der Waals surface area contributed by atoms with Crippen molar-refractivity contribution in [2.24, 2.45) is 0 Å². The number of hydrogen-bond acceptors (Lipinski definition) is 3. The fourth-order valence-electron chi connectivity index (χ4n) is 1.30. The zero-order chi connectivity index (χ0) is 13.1. The molecule has 1 rings (SSSR count). The molecule has 17 heavy (non-hydrogen) atoms. The van der Waals surface area contributed by atoms with E-state index in [1.54, 1.807) is 26.0 Å². The summed E-state index contributed by atoms with van der Waals surface area (Å²) < 4.78 is 5.48. The Kier molecular flexibility index (Phi) is 4.12. The van der Waals surface area contributed by atoms with Gasteiger partial charge >= 0.3 is 5.97 Å². The van der Waals surface area contributed by atoms with Crippen molar-refractivity contribution in [3.8, 4) is 5.75 Å². The van der Waals surface area contributed by atoms with Gasteiger partial charge in [-0.3, -0.25) is 0 Å². The van der Waals surface area contributed by atoms with Gasteiger partial charge in [0.25, 0.3) is 0 Å². The van der Waals surface area contributed by atoms with Gasteiger partial charge < -0.3 is 14.9 Å². The molecule has 0 aliphatic rings. The molecule has 0 unspecified atom stereocenters. The van der Waals surface area contributed by atoms with E-state index in [0.717, 1.165) is 5.56 Å². The lowest BCUT2D eigenvalue weighted by Crippen LogP contribution is -2.22. The molecule has 2 N–H and O–H groups in total. The summed E-state index contributed by atoms with van der Waals surface area (Å²) in [6.07, 6.45) is 0.490. The van der Waals surface area contributed by atoms with Gasteiger partial charge in [-0.05, 0) is 38.5 Å². The quantitative estimate of drug-likeness (QED) is 0.825. The molecule has 0 aliphatic carbocycles. The Morgan fingerprint density at radius 1 is 1.41 bits per heavy atom. The summed E-state index contributed by atoms with van der Waals surface area (Å²) in [6, 6.07) is 4.76. The number of aromatic carboxylic acids is 1. The number of rotatable bonds is 5. The Bertz CT molecular complexity index is 404. The van der Waals surface area contributed by atoms with Crippen molar-refractivity contribution in [2.75, 3.05) is 6.61 Å². The van der Waals surface area contributed by atoms with Gasteiger partial charge in [-0.25, -0.2) is 4.79 Å². The summed E-state index contributed by atoms with van der Waals surface area (Å²) in [5.41, 5.74) is 0.304. The second-order valence-electron chi connectivity index (χ2n) is 4.70. The predicted molar refractivity (Wildman–Crippen MR) is 64.5 cm³/mol. The number of aryl methyl sites for hydroxylation is 1. The molecular weight excluding hydrogens is 220 g/mol. The molecular formula is C13H18O4. The SMILES string of the molecule is Cc1ccc(C(=O)O)cc1OCCC(C)(C)O. The molecule has 0 aromatic heterocycles. The smallest absolute Gasteiger partial charge is 0.335 e. The van der Waals surface area contributed by atoms with E-state index >= 15 is 0 Å². The van der Waals surface area contributed by atoms with Gasteiger partial charge in [-0.2, -0.15) is 0 Å². The first-order chi connectivity index (χ1) is 7.79. The largest absolute Gasteiger partial charge is 0.493 e. The molecule has 0 fully saturated rings. The molecule has 94 valence electrons. The van der Waals surface area contributed by atoms with Crippen LogP contribution in [-0.2, 0) is 0 Å². The monoisotopic (exact) mass is 238 g/mol. The molecule has 0 atom stereocenters. The number of aliphatic hydroxyl groups is 1. The van der Waals surface area contributed by atoms with E-state index in [2.05, 4.69) is 0 Å². The van der Waals surface area contributed by atoms with Crippen molar-refractivity contribution in [1.29, 1.82) is 0 Å². The molecule has 0 amide bonds. The molecule has 0 spiro atoms. The lowest BCUT2D eigenvalue weighted by Gasteiger charge is -2.17. The number of ether oxygens (including phenoxy) is 1. The van der Waals surface area contributed by atoms with E-state index in [4.69, 9.17) is 9.84 Å². The fraction of sp³-hybridized carbons (Fsp3) is 0.462. The number of benzene rings is 1. The van der Waals surface area contributed by atoms with Crippen LogP contribution in [0.15, 0.2) is 18.2 Å². The van der Waals surface area contributed by atoms with Gasteiger partial charge in [0.1, 0.15) is 5.75 Å². The van der Waals surface area contributed by atoms with Crippen molar-refractivity contribution in [1.82, 2.24) is 0 Å². The van der Waals surface area contributed by atoms with Crippen LogP contribution in [0.4, 0.5) is 0 Å². The van der Waals surface area contributed by atoms with Crippen LogP contribution >= 0.6 is 0 Å². The number of hydrogen-bond donors (Lipinski definition) is 2. The lowest BCUT2D eigenvalue weighted by atomic mass is 10.1. The molecule has 4 heteroatoms. The molecule has 4 nitrogen and oxygen atoms in total. The molecule has 0 heterocycles. The van der Waals surface area contributed by atoms with Crippen molar-refractivity contribution in [2.45, 2.75) is 32.8 Å². The minimum atomic E-state index is -0.975. The zero-order valence-electron chi connectivity index (χ0n) is 10.4. The molecule has 0 radical (unpaired) electrons. The highest BCUT2D eigenvalue weighted by Crippen LogP contribution is 2.20. The topological polar surface area (TPSA) is 66.8 Å². The summed E-state index contributed by atoms with van der Waals surface area (Å²) in [5.74, 6) is -0.425. The van der Waals surface area contributed by atoms with E-state index in [1.807, 2.05) is 6.92 Å². The summed E-state index contributed by atoms with van der Waals surface area (Å²) in [4.78, 5) is 10.8. The van der Waals surface area contributed by atoms with Gasteiger partial charge in [0.2, 0.25) is 0 Å². The van der Waals surface area contributed by atoms with Gasteiger partial charge in [-0.15, -0.1) is 0 Å². The standard InChI is InChI=1S/C13H18O4/c1-9-4-5-10(12(14)15)8-11(9)17-7-6-13(2,3)16/h4-5,8,16H,6-7H2,1-3H3,(H,14,15). The summed E-state index contributed by atoms with van der Waals surface area (Å²) in [5, 5.41) is 18.4. The maximum atomic E-state index is 10.8. The third-order valence-electron chi connectivity index (χ3n) is 2.41. The maximum Gasteiger partial charge on any atom is 0.335 e. The Labute approximate surface area is 101 Å². The van der Waals surface area contributed by atoms with Crippen LogP contribution in [0.1, 0.15) is 36.2 Å². The van der Waals surface area contributed by atoms with Crippen LogP contribution in [-0.4, -0.2) is 28.4 Å². The first-order valence-corrected chi connectivity index (χ1v) is 5.49. The average Bonchev–Trinajstić information content (AvgIpc) is 2.18. The molecule has 0 saturated heterocycles. The molecule has 0 saturated carbocycles.